The highest BCUT2D eigenvalue weighted by molar-refractivity contribution is 8.08. The van der Waals surface area contributed by atoms with Crippen LogP contribution in [0.1, 0.15) is 6.23 Å². The Balaban J connectivity index is 1.46. The van der Waals surface area contributed by atoms with Crippen molar-refractivity contribution in [3.05, 3.63) is 24.7 Å². The predicted molar refractivity (Wildman–Crippen MR) is 138 cm³/mol. The minimum Gasteiger partial charge on any atom is -0.393 e. The van der Waals surface area contributed by atoms with Crippen LogP contribution >= 0.6 is 14.5 Å². The molecule has 2 aliphatic heterocycles. The molecule has 2 aliphatic rings. The summed E-state index contributed by atoms with van der Waals surface area (Å²) < 4.78 is 67.8. The van der Waals surface area contributed by atoms with Crippen molar-refractivity contribution in [2.75, 3.05) is 18.9 Å². The third kappa shape index (κ3) is 6.85. The molecular formula is C19H26F2N6O13P2S. The number of fused-ring (bicyclic) bond motifs is 1. The van der Waals surface area contributed by atoms with Crippen molar-refractivity contribution >= 4 is 43.3 Å². The van der Waals surface area contributed by atoms with E-state index in [0.717, 1.165) is 17.1 Å². The quantitative estimate of drug-likeness (QED) is 0.0909. The van der Waals surface area contributed by atoms with Crippen LogP contribution in [0.5, 0.6) is 0 Å². The Hall–Kier alpha value is -1.94. The SMILES string of the molecule is C=C=C[C@@]1(F)[C@H](O)[C@@H](COP(O)(=S)OP(=O)(O)OC2OC([C@@H](F)CO)C(O)C(O)C2O)O[C@H]1n1nnc2c(N)ncnc21. The minimum absolute atomic E-state index is 0.0120. The van der Waals surface area contributed by atoms with Gasteiger partial charge in [0.25, 0.3) is 0 Å². The van der Waals surface area contributed by atoms with E-state index in [9.17, 15) is 39.2 Å². The summed E-state index contributed by atoms with van der Waals surface area (Å²) in [4.78, 5) is 28.1. The number of alkyl halides is 2. The van der Waals surface area contributed by atoms with Crippen molar-refractivity contribution in [2.45, 2.75) is 61.0 Å². The van der Waals surface area contributed by atoms with Crippen molar-refractivity contribution in [3.63, 3.8) is 0 Å². The number of phosphoric ester groups is 1. The van der Waals surface area contributed by atoms with Crippen LogP contribution in [-0.2, 0) is 39.2 Å². The van der Waals surface area contributed by atoms with Crippen molar-refractivity contribution in [1.29, 1.82) is 0 Å². The normalized spacial score (nSPS) is 36.5. The molecule has 240 valence electrons. The number of aliphatic hydroxyl groups excluding tert-OH is 5. The molecule has 0 aliphatic carbocycles. The number of nitrogens with two attached hydrogens (primary N) is 1. The lowest BCUT2D eigenvalue weighted by molar-refractivity contribution is -0.287. The highest BCUT2D eigenvalue weighted by atomic mass is 32.5. The standard InChI is InChI=1S/C19H26F2N6O13P2S/c1-2-3-19(21)14(32)8(37-18(19)27-16-9(25-26-27)15(22)23-6-24-16)5-36-42(35,43)40-41(33,34)39-17-12(31)10(29)11(30)13(38-17)7(20)4-28/h3,6-8,10-14,17-18,28-32H,1,4-5H2,(H,33,34)(H,35,43)(H2,22,23,24)/t7-,8+,10?,11?,12?,13?,14+,17?,18+,19+,42?/m0/s1. The van der Waals surface area contributed by atoms with Crippen LogP contribution in [0.15, 0.2) is 24.7 Å². The van der Waals surface area contributed by atoms with Gasteiger partial charge in [0.2, 0.25) is 5.67 Å². The zero-order valence-corrected chi connectivity index (χ0v) is 24.0. The largest absolute Gasteiger partial charge is 0.481 e. The smallest absolute Gasteiger partial charge is 0.393 e. The van der Waals surface area contributed by atoms with E-state index >= 15 is 4.39 Å². The summed E-state index contributed by atoms with van der Waals surface area (Å²) in [6, 6.07) is 0. The molecule has 4 rings (SSSR count). The second-order valence-corrected chi connectivity index (χ2v) is 13.6. The number of rotatable bonds is 11. The molecule has 4 heterocycles. The highest BCUT2D eigenvalue weighted by Gasteiger charge is 2.58. The Morgan fingerprint density at radius 3 is 2.60 bits per heavy atom. The van der Waals surface area contributed by atoms with Crippen LogP contribution in [0.2, 0.25) is 0 Å². The lowest BCUT2D eigenvalue weighted by Gasteiger charge is -2.41. The summed E-state index contributed by atoms with van der Waals surface area (Å²) in [6.45, 7) is -3.69. The predicted octanol–water partition coefficient (Wildman–Crippen LogP) is -2.38. The zero-order valence-electron chi connectivity index (χ0n) is 21.4. The van der Waals surface area contributed by atoms with Gasteiger partial charge in [-0.25, -0.2) is 27.6 Å². The molecule has 0 bridgehead atoms. The molecule has 12 atom stereocenters. The van der Waals surface area contributed by atoms with E-state index in [1.807, 2.05) is 0 Å². The number of phosphoric acid groups is 1. The summed E-state index contributed by atoms with van der Waals surface area (Å²) in [5.74, 6) is -0.0857. The maximum atomic E-state index is 16.1. The molecule has 0 saturated carbocycles. The summed E-state index contributed by atoms with van der Waals surface area (Å²) in [6.07, 6.45) is -16.8. The number of ether oxygens (including phenoxy) is 2. The average Bonchev–Trinajstić information content (AvgIpc) is 3.46. The van der Waals surface area contributed by atoms with Gasteiger partial charge >= 0.3 is 14.5 Å². The van der Waals surface area contributed by atoms with Gasteiger partial charge in [0.1, 0.15) is 43.0 Å². The third-order valence-corrected chi connectivity index (χ3v) is 9.82. The van der Waals surface area contributed by atoms with Crippen LogP contribution in [0.3, 0.4) is 0 Å². The molecule has 2 aromatic heterocycles. The maximum Gasteiger partial charge on any atom is 0.481 e. The average molecular weight is 678 g/mol. The Kier molecular flexibility index (Phi) is 10.1. The van der Waals surface area contributed by atoms with Crippen LogP contribution in [0.25, 0.3) is 11.2 Å². The van der Waals surface area contributed by atoms with Gasteiger partial charge in [0.15, 0.2) is 35.7 Å². The molecule has 2 aromatic rings. The Morgan fingerprint density at radius 1 is 1.26 bits per heavy atom. The molecule has 0 radical (unpaired) electrons. The Labute approximate surface area is 244 Å². The van der Waals surface area contributed by atoms with E-state index in [1.54, 1.807) is 0 Å². The molecule has 24 heteroatoms. The molecule has 2 fully saturated rings. The maximum absolute atomic E-state index is 16.1. The van der Waals surface area contributed by atoms with Crippen molar-refractivity contribution in [3.8, 4) is 0 Å². The fourth-order valence-electron chi connectivity index (χ4n) is 4.24. The molecule has 19 nitrogen and oxygen atoms in total. The number of nitrogen functional groups attached to an aromatic ring is 1. The molecule has 0 amide bonds. The molecule has 2 saturated heterocycles. The number of aromatic nitrogens is 5. The van der Waals surface area contributed by atoms with E-state index in [1.165, 1.54) is 0 Å². The topological polar surface area (TPSA) is 287 Å². The van der Waals surface area contributed by atoms with Gasteiger partial charge in [-0.15, -0.1) is 10.8 Å². The van der Waals surface area contributed by atoms with Gasteiger partial charge in [0.05, 0.1) is 13.2 Å². The summed E-state index contributed by atoms with van der Waals surface area (Å²) in [7, 11) is -5.57. The molecule has 43 heavy (non-hydrogen) atoms. The third-order valence-electron chi connectivity index (χ3n) is 6.31. The first-order chi connectivity index (χ1) is 20.0. The van der Waals surface area contributed by atoms with Gasteiger partial charge in [-0.3, -0.25) is 4.52 Å². The van der Waals surface area contributed by atoms with Crippen molar-refractivity contribution < 1.29 is 71.5 Å². The minimum atomic E-state index is -5.57. The van der Waals surface area contributed by atoms with Crippen LogP contribution in [0.4, 0.5) is 14.6 Å². The number of nitrogens with zero attached hydrogens (tertiary/aromatic N) is 5. The van der Waals surface area contributed by atoms with E-state index in [2.05, 4.69) is 53.2 Å². The summed E-state index contributed by atoms with van der Waals surface area (Å²) in [5, 5.41) is 57.0. The molecular weight excluding hydrogens is 652 g/mol. The van der Waals surface area contributed by atoms with Gasteiger partial charge in [-0.1, -0.05) is 11.8 Å². The Bertz CT molecular complexity index is 1470. The molecule has 0 spiro atoms. The fourth-order valence-corrected chi connectivity index (χ4v) is 7.34. The molecule has 9 N–H and O–H groups in total. The van der Waals surface area contributed by atoms with Crippen LogP contribution in [-0.4, -0.2) is 128 Å². The van der Waals surface area contributed by atoms with Gasteiger partial charge in [0, 0.05) is 6.08 Å². The number of aliphatic hydroxyl groups is 5. The first kappa shape index (κ1) is 33.9. The van der Waals surface area contributed by atoms with Crippen molar-refractivity contribution in [1.82, 2.24) is 25.0 Å². The van der Waals surface area contributed by atoms with Crippen LogP contribution < -0.4 is 5.73 Å². The second kappa shape index (κ2) is 12.8. The van der Waals surface area contributed by atoms with Gasteiger partial charge < -0.3 is 55.1 Å². The van der Waals surface area contributed by atoms with E-state index in [-0.39, 0.29) is 17.0 Å². The lowest BCUT2D eigenvalue weighted by Crippen LogP contribution is -2.60. The fraction of sp³-hybridized carbons (Fsp3) is 0.632. The van der Waals surface area contributed by atoms with Crippen LogP contribution in [0, 0.1) is 0 Å². The number of anilines is 1. The highest BCUT2D eigenvalue weighted by Crippen LogP contribution is 2.62. The van der Waals surface area contributed by atoms with E-state index < -0.39 is 88.7 Å². The molecule has 7 unspecified atom stereocenters. The van der Waals surface area contributed by atoms with Crippen molar-refractivity contribution in [2.24, 2.45) is 0 Å². The monoisotopic (exact) mass is 678 g/mol. The lowest BCUT2D eigenvalue weighted by atomic mass is 9.96. The number of halogens is 2. The van der Waals surface area contributed by atoms with E-state index in [4.69, 9.17) is 24.8 Å². The summed E-state index contributed by atoms with van der Waals surface area (Å²) >= 11 is 4.69. The molecule has 0 aromatic carbocycles. The Morgan fingerprint density at radius 2 is 1.95 bits per heavy atom. The van der Waals surface area contributed by atoms with Gasteiger partial charge in [-0.05, 0) is 11.8 Å². The van der Waals surface area contributed by atoms with Gasteiger partial charge in [-0.2, -0.15) is 4.68 Å². The second-order valence-electron chi connectivity index (χ2n) is 9.17. The summed E-state index contributed by atoms with van der Waals surface area (Å²) in [5.41, 5.74) is 5.02. The number of hydrogen-bond acceptors (Lipinski definition) is 17. The first-order valence-electron chi connectivity index (χ1n) is 11.9. The zero-order chi connectivity index (χ0) is 31.9. The first-order valence-corrected chi connectivity index (χ1v) is 16.0. The van der Waals surface area contributed by atoms with E-state index in [0.29, 0.717) is 0 Å². The number of hydrogen-bond donors (Lipinski definition) is 8.